The Hall–Kier alpha value is -2.42. The van der Waals surface area contributed by atoms with Gasteiger partial charge in [0.2, 0.25) is 0 Å². The highest BCUT2D eigenvalue weighted by atomic mass is 15.4. The zero-order chi connectivity index (χ0) is 18.4. The lowest BCUT2D eigenvalue weighted by atomic mass is 9.89. The smallest absolute Gasteiger partial charge is 0.121 e. The first-order valence-corrected chi connectivity index (χ1v) is 9.67. The van der Waals surface area contributed by atoms with Crippen molar-refractivity contribution in [1.82, 2.24) is 15.0 Å². The van der Waals surface area contributed by atoms with Gasteiger partial charge in [-0.2, -0.15) is 0 Å². The first kappa shape index (κ1) is 17.0. The Morgan fingerprint density at radius 3 is 2.58 bits per heavy atom. The molecule has 3 atom stereocenters. The molecule has 0 N–H and O–H groups in total. The Morgan fingerprint density at radius 2 is 1.92 bits per heavy atom. The van der Waals surface area contributed by atoms with Gasteiger partial charge in [0, 0.05) is 17.2 Å². The van der Waals surface area contributed by atoms with Gasteiger partial charge in [0.25, 0.3) is 0 Å². The molecule has 26 heavy (non-hydrogen) atoms. The molecule has 2 aliphatic rings. The van der Waals surface area contributed by atoms with Crippen molar-refractivity contribution in [3.63, 3.8) is 0 Å². The van der Waals surface area contributed by atoms with Crippen LogP contribution in [0.1, 0.15) is 56.8 Å². The number of allylic oxidation sites excluding steroid dienone is 4. The third kappa shape index (κ3) is 2.33. The Morgan fingerprint density at radius 1 is 1.15 bits per heavy atom. The molecule has 1 aromatic carbocycles. The van der Waals surface area contributed by atoms with Gasteiger partial charge in [-0.1, -0.05) is 68.1 Å². The first-order chi connectivity index (χ1) is 12.6. The number of hydrogen-bond acceptors (Lipinski definition) is 2. The largest absolute Gasteiger partial charge is 0.242 e. The van der Waals surface area contributed by atoms with E-state index in [4.69, 9.17) is 0 Å². The highest BCUT2D eigenvalue weighted by molar-refractivity contribution is 5.87. The van der Waals surface area contributed by atoms with E-state index < -0.39 is 0 Å². The van der Waals surface area contributed by atoms with Gasteiger partial charge in [-0.05, 0) is 49.2 Å². The van der Waals surface area contributed by atoms with Gasteiger partial charge in [0.05, 0.1) is 5.69 Å². The zero-order valence-electron chi connectivity index (χ0n) is 15.9. The van der Waals surface area contributed by atoms with Gasteiger partial charge in [-0.25, -0.2) is 4.68 Å². The SMILES string of the molecule is C=C/C1=C(\C=C)C2C(CCC)C2c2ccccc2-c2nnn(C(C)C)c21. The van der Waals surface area contributed by atoms with E-state index in [1.165, 1.54) is 29.5 Å². The number of rotatable bonds is 5. The number of nitrogens with zero attached hydrogens (tertiary/aromatic N) is 3. The fourth-order valence-corrected chi connectivity index (χ4v) is 4.78. The van der Waals surface area contributed by atoms with E-state index >= 15 is 0 Å². The molecule has 3 nitrogen and oxygen atoms in total. The summed E-state index contributed by atoms with van der Waals surface area (Å²) in [6.45, 7) is 14.9. The third-order valence-electron chi connectivity index (χ3n) is 5.90. The summed E-state index contributed by atoms with van der Waals surface area (Å²) in [5, 5.41) is 9.10. The van der Waals surface area contributed by atoms with Gasteiger partial charge in [0.1, 0.15) is 5.69 Å². The van der Waals surface area contributed by atoms with E-state index in [-0.39, 0.29) is 6.04 Å². The lowest BCUT2D eigenvalue weighted by molar-refractivity contribution is 0.509. The van der Waals surface area contributed by atoms with Crippen molar-refractivity contribution in [3.8, 4) is 11.3 Å². The van der Waals surface area contributed by atoms with Crippen molar-refractivity contribution in [3.05, 3.63) is 66.4 Å². The minimum atomic E-state index is 0.236. The normalized spacial score (nSPS) is 26.4. The highest BCUT2D eigenvalue weighted by Crippen LogP contribution is 2.63. The molecule has 3 heteroatoms. The number of fused-ring (bicyclic) bond motifs is 5. The molecule has 1 heterocycles. The second kappa shape index (κ2) is 6.39. The summed E-state index contributed by atoms with van der Waals surface area (Å²) in [4.78, 5) is 0. The van der Waals surface area contributed by atoms with Gasteiger partial charge in [-0.15, -0.1) is 5.10 Å². The zero-order valence-corrected chi connectivity index (χ0v) is 15.9. The maximum absolute atomic E-state index is 4.61. The lowest BCUT2D eigenvalue weighted by Gasteiger charge is -2.18. The van der Waals surface area contributed by atoms with Crippen LogP contribution < -0.4 is 0 Å². The summed E-state index contributed by atoms with van der Waals surface area (Å²) >= 11 is 0. The molecule has 2 aliphatic carbocycles. The van der Waals surface area contributed by atoms with Crippen LogP contribution in [0.5, 0.6) is 0 Å². The van der Waals surface area contributed by atoms with Crippen LogP contribution in [0.25, 0.3) is 16.8 Å². The van der Waals surface area contributed by atoms with Crippen LogP contribution in [-0.4, -0.2) is 15.0 Å². The fourth-order valence-electron chi connectivity index (χ4n) is 4.78. The average Bonchev–Trinajstić information content (AvgIpc) is 3.14. The molecule has 0 aliphatic heterocycles. The number of aromatic nitrogens is 3. The molecule has 0 saturated heterocycles. The van der Waals surface area contributed by atoms with Gasteiger partial charge in [0.15, 0.2) is 0 Å². The molecule has 1 saturated carbocycles. The first-order valence-electron chi connectivity index (χ1n) is 9.67. The average molecular weight is 345 g/mol. The molecule has 1 aromatic heterocycles. The van der Waals surface area contributed by atoms with E-state index in [1.807, 2.05) is 16.8 Å². The Balaban J connectivity index is 2.05. The van der Waals surface area contributed by atoms with Crippen molar-refractivity contribution in [2.24, 2.45) is 11.8 Å². The van der Waals surface area contributed by atoms with E-state index in [9.17, 15) is 0 Å². The van der Waals surface area contributed by atoms with Crippen molar-refractivity contribution in [2.45, 2.75) is 45.6 Å². The molecule has 0 spiro atoms. The topological polar surface area (TPSA) is 30.7 Å². The standard InChI is InChI=1S/C23H27N3/c1-6-11-19-20-15(7-2)16(8-3)23-22(24-25-26(23)14(4)5)18-13-10-9-12-17(18)21(19)20/h7-10,12-14,19-21H,2-3,6,11H2,1,4-5H3/b16-15-. The molecule has 0 amide bonds. The molecular formula is C23H27N3. The molecule has 0 radical (unpaired) electrons. The summed E-state index contributed by atoms with van der Waals surface area (Å²) in [7, 11) is 0. The molecular weight excluding hydrogens is 318 g/mol. The second-order valence-corrected chi connectivity index (χ2v) is 7.69. The van der Waals surface area contributed by atoms with Crippen molar-refractivity contribution in [1.29, 1.82) is 0 Å². The molecule has 4 rings (SSSR count). The molecule has 3 unspecified atom stereocenters. The van der Waals surface area contributed by atoms with E-state index in [1.54, 1.807) is 0 Å². The minimum Gasteiger partial charge on any atom is -0.242 e. The van der Waals surface area contributed by atoms with Crippen molar-refractivity contribution >= 4 is 5.57 Å². The second-order valence-electron chi connectivity index (χ2n) is 7.69. The lowest BCUT2D eigenvalue weighted by Crippen LogP contribution is -2.09. The Kier molecular flexibility index (Phi) is 4.18. The molecule has 2 aromatic rings. The van der Waals surface area contributed by atoms with E-state index in [0.29, 0.717) is 17.8 Å². The van der Waals surface area contributed by atoms with Crippen molar-refractivity contribution < 1.29 is 0 Å². The van der Waals surface area contributed by atoms with Crippen LogP contribution in [0.2, 0.25) is 0 Å². The van der Waals surface area contributed by atoms with E-state index in [2.05, 4.69) is 68.5 Å². The summed E-state index contributed by atoms with van der Waals surface area (Å²) in [6, 6.07) is 8.97. The number of benzene rings is 1. The van der Waals surface area contributed by atoms with Crippen LogP contribution >= 0.6 is 0 Å². The predicted octanol–water partition coefficient (Wildman–Crippen LogP) is 5.79. The Bertz CT molecular complexity index is 900. The quantitative estimate of drug-likeness (QED) is 0.686. The predicted molar refractivity (Wildman–Crippen MR) is 108 cm³/mol. The molecule has 0 bridgehead atoms. The van der Waals surface area contributed by atoms with E-state index in [0.717, 1.165) is 17.0 Å². The third-order valence-corrected chi connectivity index (χ3v) is 5.90. The monoisotopic (exact) mass is 345 g/mol. The maximum Gasteiger partial charge on any atom is 0.121 e. The Labute approximate surface area is 156 Å². The van der Waals surface area contributed by atoms with Gasteiger partial charge in [-0.3, -0.25) is 0 Å². The van der Waals surface area contributed by atoms with Gasteiger partial charge >= 0.3 is 0 Å². The maximum atomic E-state index is 4.61. The molecule has 134 valence electrons. The minimum absolute atomic E-state index is 0.236. The van der Waals surface area contributed by atoms with Crippen LogP contribution in [0.4, 0.5) is 0 Å². The van der Waals surface area contributed by atoms with Crippen LogP contribution in [0.15, 0.2) is 55.1 Å². The van der Waals surface area contributed by atoms with Crippen LogP contribution in [-0.2, 0) is 0 Å². The summed E-state index contributed by atoms with van der Waals surface area (Å²) in [5.41, 5.74) is 7.16. The summed E-state index contributed by atoms with van der Waals surface area (Å²) in [6.07, 6.45) is 6.47. The fraction of sp³-hybridized carbons (Fsp3) is 0.391. The van der Waals surface area contributed by atoms with Crippen LogP contribution in [0.3, 0.4) is 0 Å². The number of hydrogen-bond donors (Lipinski definition) is 0. The van der Waals surface area contributed by atoms with Gasteiger partial charge < -0.3 is 0 Å². The highest BCUT2D eigenvalue weighted by Gasteiger charge is 2.53. The molecule has 1 fully saturated rings. The van der Waals surface area contributed by atoms with Crippen LogP contribution in [0, 0.1) is 11.8 Å². The summed E-state index contributed by atoms with van der Waals surface area (Å²) < 4.78 is 2.03. The summed E-state index contributed by atoms with van der Waals surface area (Å²) in [5.74, 6) is 1.74. The van der Waals surface area contributed by atoms with Crippen molar-refractivity contribution in [2.75, 3.05) is 0 Å².